The van der Waals surface area contributed by atoms with Crippen molar-refractivity contribution in [3.05, 3.63) is 33.2 Å². The fourth-order valence-corrected chi connectivity index (χ4v) is 1.22. The quantitative estimate of drug-likeness (QED) is 0.800. The number of aliphatic carboxylic acids is 1. The zero-order chi connectivity index (χ0) is 11.6. The maximum Gasteiger partial charge on any atom is 0.308 e. The van der Waals surface area contributed by atoms with Crippen LogP contribution in [0.5, 0.6) is 0 Å². The molecule has 2 N–H and O–H groups in total. The second kappa shape index (κ2) is 4.20. The summed E-state index contributed by atoms with van der Waals surface area (Å²) in [6.45, 7) is 1.24. The number of carboxylic acids is 1. The van der Waals surface area contributed by atoms with Crippen molar-refractivity contribution in [3.8, 4) is 0 Å². The zero-order valence-corrected chi connectivity index (χ0v) is 7.88. The molecule has 0 bridgehead atoms. The lowest BCUT2D eigenvalue weighted by molar-refractivity contribution is -0.136. The number of pyridine rings is 1. The summed E-state index contributed by atoms with van der Waals surface area (Å²) in [7, 11) is 0. The molecule has 1 aromatic rings. The third-order valence-electron chi connectivity index (χ3n) is 2.00. The lowest BCUT2D eigenvalue weighted by atomic mass is 10.1. The maximum atomic E-state index is 12.3. The minimum atomic E-state index is -2.77. The van der Waals surface area contributed by atoms with Crippen LogP contribution in [-0.2, 0) is 11.2 Å². The van der Waals surface area contributed by atoms with E-state index >= 15 is 0 Å². The molecule has 0 radical (unpaired) electrons. The van der Waals surface area contributed by atoms with Gasteiger partial charge in [-0.3, -0.25) is 9.59 Å². The van der Waals surface area contributed by atoms with Crippen molar-refractivity contribution in [3.63, 3.8) is 0 Å². The Morgan fingerprint density at radius 3 is 2.67 bits per heavy atom. The molecule has 1 heterocycles. The molecule has 0 spiro atoms. The SMILES string of the molecule is Cc1c(C(F)F)[nH]cc(CC(=O)O)c1=O. The summed E-state index contributed by atoms with van der Waals surface area (Å²) in [4.78, 5) is 24.0. The molecule has 82 valence electrons. The highest BCUT2D eigenvalue weighted by Crippen LogP contribution is 2.17. The average Bonchev–Trinajstić information content (AvgIpc) is 2.12. The van der Waals surface area contributed by atoms with Gasteiger partial charge in [-0.2, -0.15) is 0 Å². The number of carbonyl (C=O) groups is 1. The fourth-order valence-electron chi connectivity index (χ4n) is 1.22. The van der Waals surface area contributed by atoms with E-state index in [9.17, 15) is 18.4 Å². The molecule has 0 unspecified atom stereocenters. The summed E-state index contributed by atoms with van der Waals surface area (Å²) in [5.41, 5.74) is -1.27. The first-order valence-electron chi connectivity index (χ1n) is 4.14. The Morgan fingerprint density at radius 2 is 2.20 bits per heavy atom. The Labute approximate surface area is 83.6 Å². The number of halogens is 2. The molecule has 0 aliphatic rings. The number of H-pyrrole nitrogens is 1. The zero-order valence-electron chi connectivity index (χ0n) is 7.88. The molecular formula is C9H9F2NO3. The van der Waals surface area contributed by atoms with Gasteiger partial charge in [0.1, 0.15) is 0 Å². The van der Waals surface area contributed by atoms with E-state index in [0.717, 1.165) is 6.20 Å². The first-order chi connectivity index (χ1) is 6.93. The Morgan fingerprint density at radius 1 is 1.60 bits per heavy atom. The molecule has 1 aromatic heterocycles. The number of rotatable bonds is 3. The molecule has 15 heavy (non-hydrogen) atoms. The van der Waals surface area contributed by atoms with E-state index in [-0.39, 0.29) is 11.1 Å². The van der Waals surface area contributed by atoms with Crippen LogP contribution in [0.2, 0.25) is 0 Å². The van der Waals surface area contributed by atoms with Gasteiger partial charge in [-0.25, -0.2) is 8.78 Å². The Kier molecular flexibility index (Phi) is 3.18. The topological polar surface area (TPSA) is 70.2 Å². The molecule has 1 rings (SSSR count). The predicted octanol–water partition coefficient (Wildman–Crippen LogP) is 1.25. The Bertz CT molecular complexity index is 439. The van der Waals surface area contributed by atoms with Crippen LogP contribution in [-0.4, -0.2) is 16.1 Å². The first-order valence-corrected chi connectivity index (χ1v) is 4.14. The van der Waals surface area contributed by atoms with Crippen molar-refractivity contribution in [2.75, 3.05) is 0 Å². The molecule has 0 saturated carbocycles. The van der Waals surface area contributed by atoms with Crippen LogP contribution in [0.25, 0.3) is 0 Å². The fraction of sp³-hybridized carbons (Fsp3) is 0.333. The number of hydrogen-bond donors (Lipinski definition) is 2. The monoisotopic (exact) mass is 217 g/mol. The van der Waals surface area contributed by atoms with Crippen molar-refractivity contribution < 1.29 is 18.7 Å². The lowest BCUT2D eigenvalue weighted by Gasteiger charge is -2.05. The van der Waals surface area contributed by atoms with Gasteiger partial charge in [-0.15, -0.1) is 0 Å². The summed E-state index contributed by atoms with van der Waals surface area (Å²) in [5, 5.41) is 8.46. The van der Waals surface area contributed by atoms with Gasteiger partial charge in [-0.1, -0.05) is 0 Å². The molecule has 0 amide bonds. The highest BCUT2D eigenvalue weighted by Gasteiger charge is 2.16. The number of carboxylic acid groups (broad SMARTS) is 1. The standard InChI is InChI=1S/C9H9F2NO3/c1-4-7(9(10)11)12-3-5(8(4)15)2-6(13)14/h3,9H,2H2,1H3,(H,12,15)(H,13,14). The van der Waals surface area contributed by atoms with Crippen molar-refractivity contribution in [2.24, 2.45) is 0 Å². The van der Waals surface area contributed by atoms with E-state index in [1.165, 1.54) is 6.92 Å². The van der Waals surface area contributed by atoms with Gasteiger partial charge in [0, 0.05) is 17.3 Å². The molecule has 0 atom stereocenters. The molecule has 0 saturated heterocycles. The van der Waals surface area contributed by atoms with Gasteiger partial charge < -0.3 is 10.1 Å². The van der Waals surface area contributed by atoms with E-state index in [0.29, 0.717) is 0 Å². The largest absolute Gasteiger partial charge is 0.481 e. The average molecular weight is 217 g/mol. The van der Waals surface area contributed by atoms with E-state index in [1.54, 1.807) is 0 Å². The van der Waals surface area contributed by atoms with Gasteiger partial charge >= 0.3 is 5.97 Å². The summed E-state index contributed by atoms with van der Waals surface area (Å²) >= 11 is 0. The number of alkyl halides is 2. The Balaban J connectivity index is 3.22. The highest BCUT2D eigenvalue weighted by molar-refractivity contribution is 5.70. The van der Waals surface area contributed by atoms with Gasteiger partial charge in [0.05, 0.1) is 12.1 Å². The minimum Gasteiger partial charge on any atom is -0.481 e. The normalized spacial score (nSPS) is 10.7. The number of aromatic nitrogens is 1. The molecule has 4 nitrogen and oxygen atoms in total. The predicted molar refractivity (Wildman–Crippen MR) is 48.1 cm³/mol. The Hall–Kier alpha value is -1.72. The minimum absolute atomic E-state index is 0.0237. The van der Waals surface area contributed by atoms with Crippen LogP contribution in [0.3, 0.4) is 0 Å². The van der Waals surface area contributed by atoms with E-state index < -0.39 is 29.9 Å². The van der Waals surface area contributed by atoms with E-state index in [2.05, 4.69) is 4.98 Å². The summed E-state index contributed by atoms with van der Waals surface area (Å²) < 4.78 is 24.6. The maximum absolute atomic E-state index is 12.3. The molecule has 0 aliphatic carbocycles. The second-order valence-electron chi connectivity index (χ2n) is 3.05. The molecule has 0 aromatic carbocycles. The van der Waals surface area contributed by atoms with Gasteiger partial charge in [0.25, 0.3) is 6.43 Å². The third kappa shape index (κ3) is 2.39. The van der Waals surface area contributed by atoms with Crippen molar-refractivity contribution >= 4 is 5.97 Å². The number of aromatic amines is 1. The van der Waals surface area contributed by atoms with E-state index in [1.807, 2.05) is 0 Å². The second-order valence-corrected chi connectivity index (χ2v) is 3.05. The summed E-state index contributed by atoms with van der Waals surface area (Å²) in [5.74, 6) is -1.18. The third-order valence-corrected chi connectivity index (χ3v) is 2.00. The van der Waals surface area contributed by atoms with Gasteiger partial charge in [-0.05, 0) is 6.92 Å². The molecule has 6 heteroatoms. The van der Waals surface area contributed by atoms with Crippen LogP contribution < -0.4 is 5.43 Å². The van der Waals surface area contributed by atoms with Crippen LogP contribution in [0.4, 0.5) is 8.78 Å². The summed E-state index contributed by atoms with van der Waals surface area (Å²) in [6.07, 6.45) is -2.22. The molecule has 0 fully saturated rings. The van der Waals surface area contributed by atoms with Gasteiger partial charge in [0.2, 0.25) is 0 Å². The lowest BCUT2D eigenvalue weighted by Crippen LogP contribution is -2.18. The van der Waals surface area contributed by atoms with Crippen LogP contribution in [0.15, 0.2) is 11.0 Å². The van der Waals surface area contributed by atoms with Crippen LogP contribution in [0.1, 0.15) is 23.2 Å². The van der Waals surface area contributed by atoms with E-state index in [4.69, 9.17) is 5.11 Å². The highest BCUT2D eigenvalue weighted by atomic mass is 19.3. The van der Waals surface area contributed by atoms with Crippen molar-refractivity contribution in [1.29, 1.82) is 0 Å². The van der Waals surface area contributed by atoms with Crippen molar-refractivity contribution in [1.82, 2.24) is 4.98 Å². The smallest absolute Gasteiger partial charge is 0.308 e. The van der Waals surface area contributed by atoms with Crippen LogP contribution in [0, 0.1) is 6.92 Å². The summed E-state index contributed by atoms with van der Waals surface area (Å²) in [6, 6.07) is 0. The molecule has 0 aliphatic heterocycles. The first kappa shape index (κ1) is 11.4. The van der Waals surface area contributed by atoms with Crippen molar-refractivity contribution in [2.45, 2.75) is 19.8 Å². The molecular weight excluding hydrogens is 208 g/mol. The van der Waals surface area contributed by atoms with Crippen LogP contribution >= 0.6 is 0 Å². The van der Waals surface area contributed by atoms with Gasteiger partial charge in [0.15, 0.2) is 5.43 Å². The number of nitrogens with one attached hydrogen (secondary N) is 1. The number of hydrogen-bond acceptors (Lipinski definition) is 2.